The molecule has 0 aliphatic heterocycles. The zero-order chi connectivity index (χ0) is 22.8. The number of furan rings is 1. The fourth-order valence-electron chi connectivity index (χ4n) is 3.59. The number of nitrogens with zero attached hydrogens (tertiary/aromatic N) is 2. The van der Waals surface area contributed by atoms with E-state index in [1.807, 2.05) is 58.0 Å². The predicted octanol–water partition coefficient (Wildman–Crippen LogP) is 6.47. The number of halogens is 1. The molecule has 0 aliphatic rings. The first-order valence-corrected chi connectivity index (χ1v) is 11.3. The number of nitrogens with one attached hydrogen (secondary N) is 2. The first-order chi connectivity index (χ1) is 15.3. The maximum atomic E-state index is 12.8. The summed E-state index contributed by atoms with van der Waals surface area (Å²) in [5.74, 6) is 0.441. The van der Waals surface area contributed by atoms with E-state index in [4.69, 9.17) is 16.0 Å². The average molecular weight is 467 g/mol. The highest BCUT2D eigenvalue weighted by atomic mass is 35.5. The van der Waals surface area contributed by atoms with Gasteiger partial charge in [-0.3, -0.25) is 4.79 Å². The molecule has 4 aromatic rings. The molecule has 3 aromatic heterocycles. The van der Waals surface area contributed by atoms with Gasteiger partial charge >= 0.3 is 0 Å². The molecular formula is C24H23ClN4O2S. The third-order valence-corrected chi connectivity index (χ3v) is 6.65. The molecule has 0 aliphatic carbocycles. The summed E-state index contributed by atoms with van der Waals surface area (Å²) in [7, 11) is 0. The molecule has 0 saturated carbocycles. The van der Waals surface area contributed by atoms with Gasteiger partial charge in [0.1, 0.15) is 5.00 Å². The highest BCUT2D eigenvalue weighted by Crippen LogP contribution is 2.42. The molecule has 32 heavy (non-hydrogen) atoms. The minimum absolute atomic E-state index is 0.250. The number of aromatic nitrogens is 2. The summed E-state index contributed by atoms with van der Waals surface area (Å²) in [5, 5.41) is 7.81. The average Bonchev–Trinajstić information content (AvgIpc) is 3.36. The SMILES string of the molecule is Cc1cc(C)nc(N[C@H](c2ccccc2Cl)c2c(NC(=O)c3ccco3)sc(C)c2C)n1. The van der Waals surface area contributed by atoms with Gasteiger partial charge in [-0.1, -0.05) is 29.8 Å². The number of thiophene rings is 1. The van der Waals surface area contributed by atoms with Crippen molar-refractivity contribution in [1.82, 2.24) is 9.97 Å². The quantitative estimate of drug-likeness (QED) is 0.340. The standard InChI is InChI=1S/C24H23ClN4O2S/c1-13-12-14(2)27-24(26-13)28-21(17-8-5-6-9-18(17)25)20-15(3)16(4)32-23(20)29-22(30)19-10-7-11-31-19/h5-12,21H,1-4H3,(H,29,30)(H,26,27,28)/t21-/m1/s1. The Kier molecular flexibility index (Phi) is 6.30. The molecule has 0 bridgehead atoms. The van der Waals surface area contributed by atoms with Crippen LogP contribution < -0.4 is 10.6 Å². The molecule has 2 N–H and O–H groups in total. The van der Waals surface area contributed by atoms with Gasteiger partial charge < -0.3 is 15.1 Å². The van der Waals surface area contributed by atoms with E-state index in [2.05, 4.69) is 20.6 Å². The lowest BCUT2D eigenvalue weighted by molar-refractivity contribution is 0.0997. The first kappa shape index (κ1) is 22.0. The lowest BCUT2D eigenvalue weighted by atomic mass is 9.96. The molecule has 0 unspecified atom stereocenters. The second kappa shape index (κ2) is 9.14. The van der Waals surface area contributed by atoms with Crippen molar-refractivity contribution in [3.05, 3.63) is 92.5 Å². The fourth-order valence-corrected chi connectivity index (χ4v) is 4.93. The van der Waals surface area contributed by atoms with Crippen LogP contribution in [-0.2, 0) is 0 Å². The van der Waals surface area contributed by atoms with Crippen LogP contribution in [0.25, 0.3) is 0 Å². The van der Waals surface area contributed by atoms with E-state index in [1.165, 1.54) is 17.6 Å². The molecule has 0 fully saturated rings. The van der Waals surface area contributed by atoms with Gasteiger partial charge in [0, 0.05) is 26.9 Å². The van der Waals surface area contributed by atoms with Crippen molar-refractivity contribution in [2.75, 3.05) is 10.6 Å². The topological polar surface area (TPSA) is 80.0 Å². The number of amides is 1. The third kappa shape index (κ3) is 4.54. The van der Waals surface area contributed by atoms with Crippen molar-refractivity contribution >= 4 is 39.8 Å². The lowest BCUT2D eigenvalue weighted by Crippen LogP contribution is -2.19. The Labute approximate surface area is 195 Å². The monoisotopic (exact) mass is 466 g/mol. The minimum Gasteiger partial charge on any atom is -0.459 e. The molecule has 8 heteroatoms. The highest BCUT2D eigenvalue weighted by molar-refractivity contribution is 7.16. The molecule has 4 rings (SSSR count). The van der Waals surface area contributed by atoms with Crippen molar-refractivity contribution in [2.24, 2.45) is 0 Å². The Balaban J connectivity index is 1.82. The molecule has 0 radical (unpaired) electrons. The number of carbonyl (C=O) groups excluding carboxylic acids is 1. The Hall–Kier alpha value is -3.16. The Bertz CT molecular complexity index is 1250. The van der Waals surface area contributed by atoms with Crippen molar-refractivity contribution in [3.63, 3.8) is 0 Å². The summed E-state index contributed by atoms with van der Waals surface area (Å²) < 4.78 is 5.27. The second-order valence-corrected chi connectivity index (χ2v) is 9.16. The largest absolute Gasteiger partial charge is 0.459 e. The summed E-state index contributed by atoms with van der Waals surface area (Å²) in [6.45, 7) is 7.93. The summed E-state index contributed by atoms with van der Waals surface area (Å²) in [4.78, 5) is 23.0. The van der Waals surface area contributed by atoms with E-state index >= 15 is 0 Å². The van der Waals surface area contributed by atoms with E-state index in [0.717, 1.165) is 38.0 Å². The fraction of sp³-hybridized carbons (Fsp3) is 0.208. The molecule has 3 heterocycles. The van der Waals surface area contributed by atoms with E-state index < -0.39 is 0 Å². The predicted molar refractivity (Wildman–Crippen MR) is 129 cm³/mol. The second-order valence-electron chi connectivity index (χ2n) is 7.53. The Morgan fingerprint density at radius 1 is 1.06 bits per heavy atom. The van der Waals surface area contributed by atoms with Gasteiger partial charge in [0.15, 0.2) is 5.76 Å². The zero-order valence-corrected chi connectivity index (χ0v) is 19.8. The molecule has 0 spiro atoms. The number of hydrogen-bond donors (Lipinski definition) is 2. The van der Waals surface area contributed by atoms with Gasteiger partial charge in [0.2, 0.25) is 5.95 Å². The summed E-state index contributed by atoms with van der Waals surface area (Å²) in [5.41, 5.74) is 4.58. The van der Waals surface area contributed by atoms with Gasteiger partial charge in [-0.2, -0.15) is 0 Å². The van der Waals surface area contributed by atoms with Crippen molar-refractivity contribution < 1.29 is 9.21 Å². The van der Waals surface area contributed by atoms with Crippen LogP contribution >= 0.6 is 22.9 Å². The smallest absolute Gasteiger partial charge is 0.291 e. The minimum atomic E-state index is -0.373. The zero-order valence-electron chi connectivity index (χ0n) is 18.2. The van der Waals surface area contributed by atoms with Crippen LogP contribution in [0.3, 0.4) is 0 Å². The van der Waals surface area contributed by atoms with Gasteiger partial charge in [0.25, 0.3) is 5.91 Å². The number of hydrogen-bond acceptors (Lipinski definition) is 6. The molecule has 6 nitrogen and oxygen atoms in total. The molecule has 1 aromatic carbocycles. The molecule has 164 valence electrons. The van der Waals surface area contributed by atoms with Crippen LogP contribution in [0.15, 0.2) is 53.1 Å². The molecule has 0 saturated heterocycles. The van der Waals surface area contributed by atoms with Crippen LogP contribution in [0.2, 0.25) is 5.02 Å². The van der Waals surface area contributed by atoms with Gasteiger partial charge in [0.05, 0.1) is 12.3 Å². The van der Waals surface area contributed by atoms with Crippen LogP contribution in [0, 0.1) is 27.7 Å². The number of carbonyl (C=O) groups is 1. The van der Waals surface area contributed by atoms with Crippen molar-refractivity contribution in [2.45, 2.75) is 33.7 Å². The number of anilines is 2. The maximum Gasteiger partial charge on any atom is 0.291 e. The van der Waals surface area contributed by atoms with Gasteiger partial charge in [-0.25, -0.2) is 9.97 Å². The number of rotatable bonds is 6. The molecular weight excluding hydrogens is 444 g/mol. The Morgan fingerprint density at radius 3 is 2.44 bits per heavy atom. The highest BCUT2D eigenvalue weighted by Gasteiger charge is 2.27. The van der Waals surface area contributed by atoms with E-state index in [-0.39, 0.29) is 17.7 Å². The number of aryl methyl sites for hydroxylation is 3. The van der Waals surface area contributed by atoms with E-state index in [9.17, 15) is 4.79 Å². The van der Waals surface area contributed by atoms with Crippen LogP contribution in [0.4, 0.5) is 10.9 Å². The van der Waals surface area contributed by atoms with Crippen LogP contribution in [-0.4, -0.2) is 15.9 Å². The normalized spacial score (nSPS) is 11.9. The lowest BCUT2D eigenvalue weighted by Gasteiger charge is -2.23. The third-order valence-electron chi connectivity index (χ3n) is 5.16. The van der Waals surface area contributed by atoms with E-state index in [0.29, 0.717) is 11.0 Å². The summed E-state index contributed by atoms with van der Waals surface area (Å²) in [6, 6.07) is 12.5. The van der Waals surface area contributed by atoms with Crippen molar-refractivity contribution in [3.8, 4) is 0 Å². The number of benzene rings is 1. The molecule has 1 atom stereocenters. The van der Waals surface area contributed by atoms with Crippen LogP contribution in [0.5, 0.6) is 0 Å². The van der Waals surface area contributed by atoms with Gasteiger partial charge in [-0.15, -0.1) is 11.3 Å². The Morgan fingerprint density at radius 2 is 1.78 bits per heavy atom. The van der Waals surface area contributed by atoms with E-state index in [1.54, 1.807) is 12.1 Å². The van der Waals surface area contributed by atoms with Crippen LogP contribution in [0.1, 0.15) is 49.6 Å². The first-order valence-electron chi connectivity index (χ1n) is 10.1. The van der Waals surface area contributed by atoms with Crippen molar-refractivity contribution in [1.29, 1.82) is 0 Å². The van der Waals surface area contributed by atoms with Gasteiger partial charge in [-0.05, 0) is 63.1 Å². The molecule has 1 amide bonds. The summed E-state index contributed by atoms with van der Waals surface area (Å²) >= 11 is 8.13. The summed E-state index contributed by atoms with van der Waals surface area (Å²) in [6.07, 6.45) is 1.48. The maximum absolute atomic E-state index is 12.8.